The number of rotatable bonds is 4. The number of ether oxygens (including phenoxy) is 1. The smallest absolute Gasteiger partial charge is 0.313 e. The van der Waals surface area contributed by atoms with Gasteiger partial charge in [0.25, 0.3) is 0 Å². The molecule has 0 radical (unpaired) electrons. The van der Waals surface area contributed by atoms with Gasteiger partial charge in [0.1, 0.15) is 18.3 Å². The van der Waals surface area contributed by atoms with Gasteiger partial charge in [-0.15, -0.1) is 0 Å². The molecule has 1 aromatic heterocycles. The largest absolute Gasteiger partial charge is 0.461 e. The van der Waals surface area contributed by atoms with E-state index in [1.807, 2.05) is 0 Å². The molecule has 1 aliphatic rings. The predicted octanol–water partition coefficient (Wildman–Crippen LogP) is 6.99. The number of H-pyrrole nitrogens is 1. The van der Waals surface area contributed by atoms with E-state index in [9.17, 15) is 4.79 Å². The normalized spacial score (nSPS) is 24.4. The molecule has 176 valence electrons. The van der Waals surface area contributed by atoms with Crippen molar-refractivity contribution in [2.24, 2.45) is 28.6 Å². The molecule has 5 nitrogen and oxygen atoms in total. The second kappa shape index (κ2) is 9.34. The number of benzene rings is 1. The Morgan fingerprint density at radius 1 is 1.03 bits per heavy atom. The number of carbonyl (C=O) groups excluding carboxylic acids is 1. The summed E-state index contributed by atoms with van der Waals surface area (Å²) >= 11 is 12.2. The molecule has 2 unspecified atom stereocenters. The fourth-order valence-electron chi connectivity index (χ4n) is 4.89. The van der Waals surface area contributed by atoms with E-state index in [-0.39, 0.29) is 29.3 Å². The van der Waals surface area contributed by atoms with E-state index in [1.54, 1.807) is 18.2 Å². The van der Waals surface area contributed by atoms with Crippen molar-refractivity contribution in [2.45, 2.75) is 73.8 Å². The first-order valence-electron chi connectivity index (χ1n) is 11.3. The van der Waals surface area contributed by atoms with Crippen molar-refractivity contribution >= 4 is 29.2 Å². The maximum atomic E-state index is 13.0. The van der Waals surface area contributed by atoms with Crippen molar-refractivity contribution in [3.8, 4) is 11.4 Å². The maximum absolute atomic E-state index is 13.0. The van der Waals surface area contributed by atoms with Crippen LogP contribution in [-0.2, 0) is 16.0 Å². The Hall–Kier alpha value is -1.59. The minimum Gasteiger partial charge on any atom is -0.461 e. The van der Waals surface area contributed by atoms with Crippen molar-refractivity contribution in [1.82, 2.24) is 15.2 Å². The first-order valence-corrected chi connectivity index (χ1v) is 12.1. The third-order valence-corrected chi connectivity index (χ3v) is 7.00. The van der Waals surface area contributed by atoms with E-state index in [2.05, 4.69) is 63.6 Å². The minimum absolute atomic E-state index is 0.0427. The second-order valence-electron chi connectivity index (χ2n) is 11.4. The molecule has 2 atom stereocenters. The fourth-order valence-corrected chi connectivity index (χ4v) is 5.41. The minimum atomic E-state index is -0.278. The zero-order valence-electron chi connectivity index (χ0n) is 20.1. The zero-order chi connectivity index (χ0) is 23.8. The lowest BCUT2D eigenvalue weighted by molar-refractivity contribution is -0.168. The van der Waals surface area contributed by atoms with Crippen LogP contribution in [0.4, 0.5) is 0 Å². The average molecular weight is 480 g/mol. The van der Waals surface area contributed by atoms with Crippen molar-refractivity contribution in [2.75, 3.05) is 0 Å². The highest BCUT2D eigenvalue weighted by atomic mass is 35.5. The number of halogens is 2. The molecule has 1 fully saturated rings. The molecular formula is C25H35Cl2N3O2. The lowest BCUT2D eigenvalue weighted by Crippen LogP contribution is -2.49. The summed E-state index contributed by atoms with van der Waals surface area (Å²) in [6, 6.07) is 5.13. The summed E-state index contributed by atoms with van der Waals surface area (Å²) in [6.45, 7) is 15.8. The van der Waals surface area contributed by atoms with Gasteiger partial charge in [-0.25, -0.2) is 4.98 Å². The molecule has 1 saturated carbocycles. The highest BCUT2D eigenvalue weighted by Gasteiger charge is 2.47. The summed E-state index contributed by atoms with van der Waals surface area (Å²) < 4.78 is 6.21. The number of esters is 1. The second-order valence-corrected chi connectivity index (χ2v) is 12.3. The van der Waals surface area contributed by atoms with Gasteiger partial charge in [0, 0.05) is 27.4 Å². The molecule has 0 aliphatic heterocycles. The van der Waals surface area contributed by atoms with Crippen molar-refractivity contribution in [3.05, 3.63) is 34.1 Å². The zero-order valence-corrected chi connectivity index (χ0v) is 21.6. The molecule has 1 N–H and O–H groups in total. The molecule has 0 spiro atoms. The molecule has 1 aromatic carbocycles. The van der Waals surface area contributed by atoms with Crippen LogP contribution in [0.1, 0.15) is 67.1 Å². The van der Waals surface area contributed by atoms with E-state index in [0.717, 1.165) is 12.8 Å². The van der Waals surface area contributed by atoms with Crippen LogP contribution in [0.25, 0.3) is 11.4 Å². The third-order valence-electron chi connectivity index (χ3n) is 6.56. The van der Waals surface area contributed by atoms with Gasteiger partial charge in [-0.3, -0.25) is 9.89 Å². The van der Waals surface area contributed by atoms with E-state index in [0.29, 0.717) is 45.0 Å². The molecule has 0 bridgehead atoms. The first kappa shape index (κ1) is 25.0. The van der Waals surface area contributed by atoms with Gasteiger partial charge in [0.2, 0.25) is 0 Å². The Balaban J connectivity index is 1.78. The summed E-state index contributed by atoms with van der Waals surface area (Å²) in [5.74, 6) is 1.85. The highest BCUT2D eigenvalue weighted by Crippen LogP contribution is 2.49. The monoisotopic (exact) mass is 479 g/mol. The lowest BCUT2D eigenvalue weighted by atomic mass is 9.59. The average Bonchev–Trinajstić information content (AvgIpc) is 3.08. The van der Waals surface area contributed by atoms with Crippen LogP contribution in [0.2, 0.25) is 10.0 Å². The number of hydrogen-bond acceptors (Lipinski definition) is 4. The standard InChI is InChI=1S/C25H35Cl2N3O2/c1-14-8-18(24(2,3)4)22(19(9-14)25(5,6)7)32-21(31)13-20-28-23(30-29-20)15-10-16(26)12-17(27)11-15/h10-12,14,18-19,22H,8-9,13H2,1-7H3,(H,28,29,30). The number of aromatic amines is 1. The van der Waals surface area contributed by atoms with Gasteiger partial charge in [0.15, 0.2) is 5.82 Å². The van der Waals surface area contributed by atoms with Crippen molar-refractivity contribution < 1.29 is 9.53 Å². The van der Waals surface area contributed by atoms with Crippen LogP contribution in [0.5, 0.6) is 0 Å². The van der Waals surface area contributed by atoms with Gasteiger partial charge in [-0.2, -0.15) is 5.10 Å². The first-order chi connectivity index (χ1) is 14.7. The maximum Gasteiger partial charge on any atom is 0.313 e. The summed E-state index contributed by atoms with van der Waals surface area (Å²) in [5.41, 5.74) is 0.795. The molecule has 2 aromatic rings. The summed E-state index contributed by atoms with van der Waals surface area (Å²) in [7, 11) is 0. The van der Waals surface area contributed by atoms with Crippen LogP contribution in [0, 0.1) is 28.6 Å². The van der Waals surface area contributed by atoms with Crippen LogP contribution in [0.3, 0.4) is 0 Å². The van der Waals surface area contributed by atoms with Crippen molar-refractivity contribution in [1.29, 1.82) is 0 Å². The van der Waals surface area contributed by atoms with Gasteiger partial charge in [-0.05, 0) is 47.8 Å². The molecule has 7 heteroatoms. The van der Waals surface area contributed by atoms with E-state index < -0.39 is 0 Å². The molecular weight excluding hydrogens is 445 g/mol. The number of aromatic nitrogens is 3. The predicted molar refractivity (Wildman–Crippen MR) is 130 cm³/mol. The van der Waals surface area contributed by atoms with Gasteiger partial charge < -0.3 is 4.74 Å². The molecule has 32 heavy (non-hydrogen) atoms. The Labute approximate surface area is 201 Å². The number of nitrogens with zero attached hydrogens (tertiary/aromatic N) is 2. The van der Waals surface area contributed by atoms with Crippen molar-refractivity contribution in [3.63, 3.8) is 0 Å². The molecule has 0 amide bonds. The molecule has 3 rings (SSSR count). The number of nitrogens with one attached hydrogen (secondary N) is 1. The van der Waals surface area contributed by atoms with Crippen LogP contribution in [0.15, 0.2) is 18.2 Å². The van der Waals surface area contributed by atoms with E-state index in [4.69, 9.17) is 27.9 Å². The van der Waals surface area contributed by atoms with Gasteiger partial charge >= 0.3 is 5.97 Å². The molecule has 1 aliphatic carbocycles. The fraction of sp³-hybridized carbons (Fsp3) is 0.640. The van der Waals surface area contributed by atoms with E-state index in [1.165, 1.54) is 0 Å². The highest BCUT2D eigenvalue weighted by molar-refractivity contribution is 6.35. The van der Waals surface area contributed by atoms with E-state index >= 15 is 0 Å². The van der Waals surface area contributed by atoms with Gasteiger partial charge in [0.05, 0.1) is 0 Å². The molecule has 1 heterocycles. The molecule has 0 saturated heterocycles. The quantitative estimate of drug-likeness (QED) is 0.479. The number of carbonyl (C=O) groups is 1. The topological polar surface area (TPSA) is 67.9 Å². The summed E-state index contributed by atoms with van der Waals surface area (Å²) in [5, 5.41) is 8.09. The van der Waals surface area contributed by atoms with Gasteiger partial charge in [-0.1, -0.05) is 71.7 Å². The summed E-state index contributed by atoms with van der Waals surface area (Å²) in [4.78, 5) is 17.5. The Kier molecular flexibility index (Phi) is 7.31. The Bertz CT molecular complexity index is 915. The SMILES string of the molecule is CC1CC(C(C)(C)C)C(OC(=O)Cc2nc(-c3cc(Cl)cc(Cl)c3)n[nH]2)C(C(C)(C)C)C1. The third kappa shape index (κ3) is 6.05. The Morgan fingerprint density at radius 3 is 2.06 bits per heavy atom. The summed E-state index contributed by atoms with van der Waals surface area (Å²) in [6.07, 6.45) is 2.06. The van der Waals surface area contributed by atoms with Crippen LogP contribution in [-0.4, -0.2) is 27.3 Å². The number of hydrogen-bond donors (Lipinski definition) is 1. The van der Waals surface area contributed by atoms with Crippen LogP contribution >= 0.6 is 23.2 Å². The Morgan fingerprint density at radius 2 is 1.56 bits per heavy atom. The lowest BCUT2D eigenvalue weighted by Gasteiger charge is -2.50. The van der Waals surface area contributed by atoms with Crippen LogP contribution < -0.4 is 0 Å².